The van der Waals surface area contributed by atoms with Gasteiger partial charge in [0, 0.05) is 13.1 Å². The molecule has 0 saturated heterocycles. The summed E-state index contributed by atoms with van der Waals surface area (Å²) in [6.07, 6.45) is 3.37. The van der Waals surface area contributed by atoms with E-state index in [0.717, 1.165) is 6.54 Å². The largest absolute Gasteiger partial charge is 0.246 e. The third kappa shape index (κ3) is 2.37. The number of rotatable bonds is 2. The van der Waals surface area contributed by atoms with E-state index in [2.05, 4.69) is 42.6 Å². The summed E-state index contributed by atoms with van der Waals surface area (Å²) in [6, 6.07) is 7.00. The minimum Gasteiger partial charge on any atom is -0.246 e. The SMILES string of the molecule is CSN1CCc2cc(C(C)C)ccc2C1. The molecule has 0 spiro atoms. The molecule has 1 aromatic carbocycles. The minimum atomic E-state index is 0.647. The Kier molecular flexibility index (Phi) is 3.37. The molecular formula is C13H19NS. The molecule has 0 N–H and O–H groups in total. The minimum absolute atomic E-state index is 0.647. The van der Waals surface area contributed by atoms with Crippen LogP contribution in [0.1, 0.15) is 36.5 Å². The van der Waals surface area contributed by atoms with Crippen LogP contribution in [0, 0.1) is 0 Å². The lowest BCUT2D eigenvalue weighted by atomic mass is 9.94. The van der Waals surface area contributed by atoms with Crippen molar-refractivity contribution >= 4 is 11.9 Å². The fourth-order valence-electron chi connectivity index (χ4n) is 2.06. The highest BCUT2D eigenvalue weighted by Crippen LogP contribution is 2.26. The fourth-order valence-corrected chi connectivity index (χ4v) is 2.60. The molecule has 0 fully saturated rings. The van der Waals surface area contributed by atoms with Gasteiger partial charge in [-0.25, -0.2) is 4.31 Å². The van der Waals surface area contributed by atoms with Crippen molar-refractivity contribution in [3.63, 3.8) is 0 Å². The summed E-state index contributed by atoms with van der Waals surface area (Å²) < 4.78 is 2.43. The van der Waals surface area contributed by atoms with Crippen molar-refractivity contribution in [3.8, 4) is 0 Å². The summed E-state index contributed by atoms with van der Waals surface area (Å²) >= 11 is 1.85. The first kappa shape index (κ1) is 11.0. The van der Waals surface area contributed by atoms with Gasteiger partial charge in [0.25, 0.3) is 0 Å². The summed E-state index contributed by atoms with van der Waals surface area (Å²) in [5.74, 6) is 0.647. The smallest absolute Gasteiger partial charge is 0.0343 e. The molecule has 0 amide bonds. The van der Waals surface area contributed by atoms with Crippen molar-refractivity contribution in [3.05, 3.63) is 34.9 Å². The molecule has 0 unspecified atom stereocenters. The van der Waals surface area contributed by atoms with Crippen molar-refractivity contribution < 1.29 is 0 Å². The molecule has 0 atom stereocenters. The Balaban J connectivity index is 2.24. The molecule has 1 aromatic rings. The Morgan fingerprint density at radius 3 is 2.73 bits per heavy atom. The second kappa shape index (κ2) is 4.58. The summed E-state index contributed by atoms with van der Waals surface area (Å²) in [5, 5.41) is 0. The van der Waals surface area contributed by atoms with E-state index < -0.39 is 0 Å². The molecule has 15 heavy (non-hydrogen) atoms. The van der Waals surface area contributed by atoms with Gasteiger partial charge in [0.05, 0.1) is 0 Å². The van der Waals surface area contributed by atoms with Crippen LogP contribution in [-0.2, 0) is 13.0 Å². The van der Waals surface area contributed by atoms with Crippen LogP contribution < -0.4 is 0 Å². The zero-order valence-corrected chi connectivity index (χ0v) is 10.6. The standard InChI is InChI=1S/C13H19NS/c1-10(2)11-4-5-13-9-14(15-3)7-6-12(13)8-11/h4-5,8,10H,6-7,9H2,1-3H3. The van der Waals surface area contributed by atoms with Crippen LogP contribution in [-0.4, -0.2) is 17.1 Å². The molecule has 1 nitrogen and oxygen atoms in total. The van der Waals surface area contributed by atoms with Gasteiger partial charge >= 0.3 is 0 Å². The van der Waals surface area contributed by atoms with E-state index >= 15 is 0 Å². The zero-order valence-electron chi connectivity index (χ0n) is 9.79. The van der Waals surface area contributed by atoms with Crippen LogP contribution in [0.15, 0.2) is 18.2 Å². The van der Waals surface area contributed by atoms with Crippen molar-refractivity contribution in [1.29, 1.82) is 0 Å². The van der Waals surface area contributed by atoms with E-state index in [4.69, 9.17) is 0 Å². The van der Waals surface area contributed by atoms with E-state index in [0.29, 0.717) is 5.92 Å². The summed E-state index contributed by atoms with van der Waals surface area (Å²) in [4.78, 5) is 0. The van der Waals surface area contributed by atoms with Crippen molar-refractivity contribution in [1.82, 2.24) is 4.31 Å². The van der Waals surface area contributed by atoms with Gasteiger partial charge in [0.2, 0.25) is 0 Å². The van der Waals surface area contributed by atoms with E-state index in [-0.39, 0.29) is 0 Å². The topological polar surface area (TPSA) is 3.24 Å². The average Bonchev–Trinajstić information content (AvgIpc) is 2.27. The van der Waals surface area contributed by atoms with Gasteiger partial charge in [-0.05, 0) is 35.3 Å². The lowest BCUT2D eigenvalue weighted by Crippen LogP contribution is -2.24. The molecular weight excluding hydrogens is 202 g/mol. The summed E-state index contributed by atoms with van der Waals surface area (Å²) in [7, 11) is 0. The van der Waals surface area contributed by atoms with Crippen molar-refractivity contribution in [2.24, 2.45) is 0 Å². The maximum absolute atomic E-state index is 2.43. The molecule has 0 aliphatic carbocycles. The van der Waals surface area contributed by atoms with Crippen molar-refractivity contribution in [2.75, 3.05) is 12.8 Å². The first-order chi connectivity index (χ1) is 7.20. The van der Waals surface area contributed by atoms with Crippen LogP contribution in [0.2, 0.25) is 0 Å². The Morgan fingerprint density at radius 1 is 1.27 bits per heavy atom. The predicted molar refractivity (Wildman–Crippen MR) is 68.2 cm³/mol. The first-order valence-electron chi connectivity index (χ1n) is 5.61. The second-order valence-corrected chi connectivity index (χ2v) is 5.36. The van der Waals surface area contributed by atoms with Crippen LogP contribution >= 0.6 is 11.9 Å². The Bertz CT molecular complexity index is 346. The molecule has 1 aliphatic heterocycles. The Labute approximate surface area is 97.0 Å². The molecule has 0 radical (unpaired) electrons. The normalized spacial score (nSPS) is 16.8. The van der Waals surface area contributed by atoms with Gasteiger partial charge in [0.15, 0.2) is 0 Å². The molecule has 82 valence electrons. The molecule has 0 aromatic heterocycles. The van der Waals surface area contributed by atoms with E-state index in [1.807, 2.05) is 11.9 Å². The first-order valence-corrected chi connectivity index (χ1v) is 6.79. The second-order valence-electron chi connectivity index (χ2n) is 4.48. The summed E-state index contributed by atoms with van der Waals surface area (Å²) in [5.41, 5.74) is 4.55. The Hall–Kier alpha value is -0.470. The molecule has 0 bridgehead atoms. The lowest BCUT2D eigenvalue weighted by Gasteiger charge is -2.27. The van der Waals surface area contributed by atoms with Gasteiger partial charge in [-0.3, -0.25) is 0 Å². The van der Waals surface area contributed by atoms with E-state index in [9.17, 15) is 0 Å². The number of benzene rings is 1. The molecule has 1 heterocycles. The fraction of sp³-hybridized carbons (Fsp3) is 0.538. The average molecular weight is 221 g/mol. The molecule has 2 rings (SSSR count). The highest BCUT2D eigenvalue weighted by Gasteiger charge is 2.15. The predicted octanol–water partition coefficient (Wildman–Crippen LogP) is 3.45. The van der Waals surface area contributed by atoms with Gasteiger partial charge in [-0.15, -0.1) is 0 Å². The maximum atomic E-state index is 2.43. The maximum Gasteiger partial charge on any atom is 0.0343 e. The monoisotopic (exact) mass is 221 g/mol. The van der Waals surface area contributed by atoms with Crippen LogP contribution in [0.5, 0.6) is 0 Å². The third-order valence-electron chi connectivity index (χ3n) is 3.13. The third-order valence-corrected chi connectivity index (χ3v) is 3.96. The highest BCUT2D eigenvalue weighted by molar-refractivity contribution is 7.96. The lowest BCUT2D eigenvalue weighted by molar-refractivity contribution is 0.445. The number of fused-ring (bicyclic) bond motifs is 1. The number of hydrogen-bond acceptors (Lipinski definition) is 2. The molecule has 0 saturated carbocycles. The molecule has 1 aliphatic rings. The van der Waals surface area contributed by atoms with Crippen molar-refractivity contribution in [2.45, 2.75) is 32.7 Å². The van der Waals surface area contributed by atoms with Crippen LogP contribution in [0.3, 0.4) is 0 Å². The van der Waals surface area contributed by atoms with Gasteiger partial charge in [-0.2, -0.15) is 0 Å². The molecule has 2 heteroatoms. The number of nitrogens with zero attached hydrogens (tertiary/aromatic N) is 1. The quantitative estimate of drug-likeness (QED) is 0.704. The van der Waals surface area contributed by atoms with Gasteiger partial charge in [-0.1, -0.05) is 44.0 Å². The number of hydrogen-bond donors (Lipinski definition) is 0. The van der Waals surface area contributed by atoms with Crippen LogP contribution in [0.25, 0.3) is 0 Å². The van der Waals surface area contributed by atoms with Gasteiger partial charge < -0.3 is 0 Å². The Morgan fingerprint density at radius 2 is 2.07 bits per heavy atom. The van der Waals surface area contributed by atoms with Gasteiger partial charge in [0.1, 0.15) is 0 Å². The summed E-state index contributed by atoms with van der Waals surface area (Å²) in [6.45, 7) is 6.82. The van der Waals surface area contributed by atoms with E-state index in [1.165, 1.54) is 24.1 Å². The zero-order chi connectivity index (χ0) is 10.8. The highest BCUT2D eigenvalue weighted by atomic mass is 32.2. The van der Waals surface area contributed by atoms with Crippen LogP contribution in [0.4, 0.5) is 0 Å². The van der Waals surface area contributed by atoms with E-state index in [1.54, 1.807) is 5.56 Å².